The number of ether oxygens (including phenoxy) is 1. The number of hydrogen-bond donors (Lipinski definition) is 2. The fourth-order valence-corrected chi connectivity index (χ4v) is 2.29. The van der Waals surface area contributed by atoms with Crippen LogP contribution in [0.15, 0.2) is 24.3 Å². The van der Waals surface area contributed by atoms with Gasteiger partial charge < -0.3 is 14.9 Å². The molecule has 1 fully saturated rings. The van der Waals surface area contributed by atoms with Crippen molar-refractivity contribution in [2.24, 2.45) is 11.8 Å². The second kappa shape index (κ2) is 5.73. The van der Waals surface area contributed by atoms with Gasteiger partial charge in [-0.3, -0.25) is 9.59 Å². The van der Waals surface area contributed by atoms with Gasteiger partial charge in [-0.1, -0.05) is 0 Å². The third-order valence-corrected chi connectivity index (χ3v) is 3.46. The smallest absolute Gasteiger partial charge is 0.314 e. The number of carbonyl (C=O) groups excluding carboxylic acids is 1. The van der Waals surface area contributed by atoms with Crippen molar-refractivity contribution < 1.29 is 24.5 Å². The van der Waals surface area contributed by atoms with Crippen LogP contribution in [0.25, 0.3) is 0 Å². The van der Waals surface area contributed by atoms with Crippen molar-refractivity contribution in [2.75, 3.05) is 0 Å². The van der Waals surface area contributed by atoms with Crippen LogP contribution in [0.3, 0.4) is 0 Å². The molecule has 0 radical (unpaired) electrons. The molecule has 5 heteroatoms. The Morgan fingerprint density at radius 2 is 1.53 bits per heavy atom. The molecule has 0 unspecified atom stereocenters. The van der Waals surface area contributed by atoms with Crippen molar-refractivity contribution in [1.82, 2.24) is 0 Å². The largest absolute Gasteiger partial charge is 0.508 e. The lowest BCUT2D eigenvalue weighted by Crippen LogP contribution is -2.28. The van der Waals surface area contributed by atoms with E-state index >= 15 is 0 Å². The number of phenolic OH excluding ortho intramolecular Hbond substituents is 1. The van der Waals surface area contributed by atoms with E-state index in [9.17, 15) is 9.59 Å². The quantitative estimate of drug-likeness (QED) is 0.645. The number of carboxylic acids is 1. The van der Waals surface area contributed by atoms with Gasteiger partial charge in [0.25, 0.3) is 0 Å². The van der Waals surface area contributed by atoms with Crippen LogP contribution in [-0.2, 0) is 9.59 Å². The number of hydrogen-bond acceptors (Lipinski definition) is 4. The fourth-order valence-electron chi connectivity index (χ4n) is 2.29. The van der Waals surface area contributed by atoms with Gasteiger partial charge >= 0.3 is 11.9 Å². The lowest BCUT2D eigenvalue weighted by molar-refractivity contribution is -0.146. The second-order valence-corrected chi connectivity index (χ2v) is 4.80. The summed E-state index contributed by atoms with van der Waals surface area (Å²) in [6.07, 6.45) is 2.14. The number of benzene rings is 1. The Kier molecular flexibility index (Phi) is 4.04. The molecule has 0 saturated heterocycles. The molecule has 1 aliphatic rings. The fraction of sp³-hybridized carbons (Fsp3) is 0.429. The summed E-state index contributed by atoms with van der Waals surface area (Å²) in [5, 5.41) is 18.0. The summed E-state index contributed by atoms with van der Waals surface area (Å²) in [6, 6.07) is 5.94. The van der Waals surface area contributed by atoms with E-state index < -0.39 is 5.97 Å². The summed E-state index contributed by atoms with van der Waals surface area (Å²) in [7, 11) is 0. The van der Waals surface area contributed by atoms with Gasteiger partial charge in [0.1, 0.15) is 11.5 Å². The Morgan fingerprint density at radius 3 is 2.05 bits per heavy atom. The van der Waals surface area contributed by atoms with Crippen LogP contribution < -0.4 is 4.74 Å². The molecule has 0 atom stereocenters. The summed E-state index contributed by atoms with van der Waals surface area (Å²) >= 11 is 0. The SMILES string of the molecule is O=C(O)[C@H]1CC[C@H](C(=O)Oc2ccc(O)cc2)CC1. The molecule has 5 nitrogen and oxygen atoms in total. The monoisotopic (exact) mass is 264 g/mol. The number of esters is 1. The average molecular weight is 264 g/mol. The topological polar surface area (TPSA) is 83.8 Å². The third kappa shape index (κ3) is 3.47. The molecule has 0 aromatic heterocycles. The van der Waals surface area contributed by atoms with E-state index in [0.717, 1.165) is 0 Å². The van der Waals surface area contributed by atoms with Gasteiger partial charge in [-0.15, -0.1) is 0 Å². The van der Waals surface area contributed by atoms with Gasteiger partial charge in [0.15, 0.2) is 0 Å². The Morgan fingerprint density at radius 1 is 1.00 bits per heavy atom. The molecule has 1 aromatic rings. The molecule has 102 valence electrons. The second-order valence-electron chi connectivity index (χ2n) is 4.80. The molecule has 1 saturated carbocycles. The first-order valence-electron chi connectivity index (χ1n) is 6.30. The maximum Gasteiger partial charge on any atom is 0.314 e. The third-order valence-electron chi connectivity index (χ3n) is 3.46. The van der Waals surface area contributed by atoms with Gasteiger partial charge in [-0.2, -0.15) is 0 Å². The van der Waals surface area contributed by atoms with Crippen molar-refractivity contribution in [1.29, 1.82) is 0 Å². The van der Waals surface area contributed by atoms with Crippen LogP contribution in [0.4, 0.5) is 0 Å². The molecule has 19 heavy (non-hydrogen) atoms. The number of carbonyl (C=O) groups is 2. The van der Waals surface area contributed by atoms with Crippen LogP contribution >= 0.6 is 0 Å². The van der Waals surface area contributed by atoms with Gasteiger partial charge in [0.2, 0.25) is 0 Å². The van der Waals surface area contributed by atoms with E-state index in [1.165, 1.54) is 24.3 Å². The Labute approximate surface area is 110 Å². The molecule has 0 aliphatic heterocycles. The first kappa shape index (κ1) is 13.4. The van der Waals surface area contributed by atoms with E-state index in [1.54, 1.807) is 0 Å². The average Bonchev–Trinajstić information content (AvgIpc) is 2.41. The normalized spacial score (nSPS) is 22.7. The standard InChI is InChI=1S/C14H16O5/c15-11-5-7-12(8-6-11)19-14(18)10-3-1-9(2-4-10)13(16)17/h5-10,15H,1-4H2,(H,16,17)/t9-,10-. The number of aromatic hydroxyl groups is 1. The highest BCUT2D eigenvalue weighted by Gasteiger charge is 2.30. The van der Waals surface area contributed by atoms with Gasteiger partial charge in [0.05, 0.1) is 11.8 Å². The first-order valence-corrected chi connectivity index (χ1v) is 6.30. The number of phenols is 1. The highest BCUT2D eigenvalue weighted by molar-refractivity contribution is 5.76. The van der Waals surface area contributed by atoms with Gasteiger partial charge in [-0.05, 0) is 49.9 Å². The predicted octanol–water partition coefficient (Wildman–Crippen LogP) is 2.19. The van der Waals surface area contributed by atoms with Crippen LogP contribution in [0.5, 0.6) is 11.5 Å². The lowest BCUT2D eigenvalue weighted by Gasteiger charge is -2.24. The number of rotatable bonds is 3. The summed E-state index contributed by atoms with van der Waals surface area (Å²) in [5.74, 6) is -1.17. The van der Waals surface area contributed by atoms with E-state index in [1.807, 2.05) is 0 Å². The van der Waals surface area contributed by atoms with Crippen molar-refractivity contribution in [3.8, 4) is 11.5 Å². The summed E-state index contributed by atoms with van der Waals surface area (Å²) in [6.45, 7) is 0. The van der Waals surface area contributed by atoms with Crippen molar-refractivity contribution >= 4 is 11.9 Å². The Hall–Kier alpha value is -2.04. The molecule has 0 amide bonds. The maximum atomic E-state index is 11.9. The Bertz CT molecular complexity index is 457. The van der Waals surface area contributed by atoms with Crippen LogP contribution in [0.2, 0.25) is 0 Å². The highest BCUT2D eigenvalue weighted by Crippen LogP contribution is 2.30. The summed E-state index contributed by atoms with van der Waals surface area (Å²) < 4.78 is 5.21. The molecule has 0 bridgehead atoms. The predicted molar refractivity (Wildman–Crippen MR) is 66.8 cm³/mol. The van der Waals surface area contributed by atoms with Crippen LogP contribution in [0, 0.1) is 11.8 Å². The molecule has 1 aromatic carbocycles. The summed E-state index contributed by atoms with van der Waals surface area (Å²) in [5.41, 5.74) is 0. The highest BCUT2D eigenvalue weighted by atomic mass is 16.5. The zero-order chi connectivity index (χ0) is 13.8. The van der Waals surface area contributed by atoms with E-state index in [0.29, 0.717) is 31.4 Å². The van der Waals surface area contributed by atoms with Crippen LogP contribution in [-0.4, -0.2) is 22.2 Å². The van der Waals surface area contributed by atoms with Gasteiger partial charge in [-0.25, -0.2) is 0 Å². The van der Waals surface area contributed by atoms with Gasteiger partial charge in [0, 0.05) is 0 Å². The van der Waals surface area contributed by atoms with Crippen molar-refractivity contribution in [3.05, 3.63) is 24.3 Å². The minimum Gasteiger partial charge on any atom is -0.508 e. The molecule has 2 rings (SSSR count). The molecule has 0 heterocycles. The van der Waals surface area contributed by atoms with E-state index in [-0.39, 0.29) is 23.6 Å². The zero-order valence-electron chi connectivity index (χ0n) is 10.4. The molecule has 2 N–H and O–H groups in total. The molecular formula is C14H16O5. The maximum absolute atomic E-state index is 11.9. The van der Waals surface area contributed by atoms with E-state index in [2.05, 4.69) is 0 Å². The summed E-state index contributed by atoms with van der Waals surface area (Å²) in [4.78, 5) is 22.7. The lowest BCUT2D eigenvalue weighted by atomic mass is 9.82. The van der Waals surface area contributed by atoms with Crippen LogP contribution in [0.1, 0.15) is 25.7 Å². The van der Waals surface area contributed by atoms with E-state index in [4.69, 9.17) is 14.9 Å². The Balaban J connectivity index is 1.88. The van der Waals surface area contributed by atoms with Crippen molar-refractivity contribution in [3.63, 3.8) is 0 Å². The first-order chi connectivity index (χ1) is 9.06. The molecule has 1 aliphatic carbocycles. The van der Waals surface area contributed by atoms with Crippen molar-refractivity contribution in [2.45, 2.75) is 25.7 Å². The zero-order valence-corrected chi connectivity index (χ0v) is 10.4. The number of carboxylic acid groups (broad SMARTS) is 1. The minimum atomic E-state index is -0.787. The molecular weight excluding hydrogens is 248 g/mol. The minimum absolute atomic E-state index is 0.113. The number of aliphatic carboxylic acids is 1. The molecule has 0 spiro atoms.